The Balaban J connectivity index is 1.82. The lowest BCUT2D eigenvalue weighted by atomic mass is 9.66. The van der Waals surface area contributed by atoms with Crippen LogP contribution in [0.1, 0.15) is 91.7 Å². The van der Waals surface area contributed by atoms with E-state index in [2.05, 4.69) is 0 Å². The minimum absolute atomic E-state index is 0.0241. The third-order valence-electron chi connectivity index (χ3n) is 8.14. The van der Waals surface area contributed by atoms with Gasteiger partial charge in [0.1, 0.15) is 11.4 Å². The molecule has 1 saturated carbocycles. The Bertz CT molecular complexity index is 1350. The van der Waals surface area contributed by atoms with Gasteiger partial charge in [0.15, 0.2) is 6.17 Å². The molecule has 0 saturated heterocycles. The Hall–Kier alpha value is -2.84. The zero-order valence-corrected chi connectivity index (χ0v) is 22.0. The maximum absolute atomic E-state index is 16.8. The van der Waals surface area contributed by atoms with E-state index >= 15 is 4.39 Å². The second-order valence-corrected chi connectivity index (χ2v) is 11.8. The topological polar surface area (TPSA) is 53.4 Å². The number of nitrogens with zero attached hydrogens (tertiary/aromatic N) is 1. The molecule has 2 atom stereocenters. The molecule has 1 heterocycles. The third-order valence-corrected chi connectivity index (χ3v) is 8.14. The standard InChI is InChI=1S/C31H32F5NO2/c1-29(2)15-23-26(30(39,16-29)17-38)24(18-9-13-22(32)14-10-18)25(28(37-23)20-5-3-4-6-20)27(33)19-7-11-21(12-8-19)31(34,35)36/h7-14,20,27,38-39H,3-6,15-17H2,1-2H3. The summed E-state index contributed by atoms with van der Waals surface area (Å²) in [4.78, 5) is 4.98. The fourth-order valence-electron chi connectivity index (χ4n) is 6.52. The van der Waals surface area contributed by atoms with E-state index in [0.717, 1.165) is 49.9 Å². The van der Waals surface area contributed by atoms with Gasteiger partial charge in [0.05, 0.1) is 17.9 Å². The lowest BCUT2D eigenvalue weighted by Crippen LogP contribution is -2.43. The maximum Gasteiger partial charge on any atom is 0.416 e. The van der Waals surface area contributed by atoms with Gasteiger partial charge in [-0.05, 0) is 72.1 Å². The number of fused-ring (bicyclic) bond motifs is 1. The van der Waals surface area contributed by atoms with Gasteiger partial charge in [-0.2, -0.15) is 13.2 Å². The normalized spacial score (nSPS) is 22.1. The number of aromatic nitrogens is 1. The van der Waals surface area contributed by atoms with Crippen molar-refractivity contribution in [1.29, 1.82) is 0 Å². The van der Waals surface area contributed by atoms with Gasteiger partial charge < -0.3 is 10.2 Å². The number of rotatable bonds is 5. The summed E-state index contributed by atoms with van der Waals surface area (Å²) in [5.41, 5.74) is -0.661. The first-order chi connectivity index (χ1) is 18.3. The van der Waals surface area contributed by atoms with Gasteiger partial charge in [-0.15, -0.1) is 0 Å². The summed E-state index contributed by atoms with van der Waals surface area (Å²) >= 11 is 0. The molecule has 1 fully saturated rings. The molecule has 2 N–H and O–H groups in total. The fraction of sp³-hybridized carbons (Fsp3) is 0.452. The third kappa shape index (κ3) is 5.21. The Morgan fingerprint density at radius 3 is 2.18 bits per heavy atom. The van der Waals surface area contributed by atoms with Crippen LogP contribution in [0, 0.1) is 11.2 Å². The molecule has 5 rings (SSSR count). The summed E-state index contributed by atoms with van der Waals surface area (Å²) in [5, 5.41) is 22.3. The molecule has 2 aliphatic carbocycles. The van der Waals surface area contributed by atoms with Gasteiger partial charge in [-0.3, -0.25) is 4.98 Å². The number of pyridine rings is 1. The van der Waals surface area contributed by atoms with E-state index in [1.54, 1.807) is 0 Å². The van der Waals surface area contributed by atoms with Crippen molar-refractivity contribution in [3.05, 3.63) is 88.0 Å². The predicted molar refractivity (Wildman–Crippen MR) is 138 cm³/mol. The molecule has 2 aromatic carbocycles. The van der Waals surface area contributed by atoms with Gasteiger partial charge in [0.2, 0.25) is 0 Å². The average molecular weight is 546 g/mol. The first-order valence-electron chi connectivity index (χ1n) is 13.3. The van der Waals surface area contributed by atoms with Crippen molar-refractivity contribution < 1.29 is 32.2 Å². The number of alkyl halides is 4. The molecule has 8 heteroatoms. The van der Waals surface area contributed by atoms with Crippen molar-refractivity contribution in [1.82, 2.24) is 4.98 Å². The first kappa shape index (κ1) is 27.7. The molecule has 0 spiro atoms. The van der Waals surface area contributed by atoms with Crippen LogP contribution in [0.2, 0.25) is 0 Å². The predicted octanol–water partition coefficient (Wildman–Crippen LogP) is 7.78. The highest BCUT2D eigenvalue weighted by Crippen LogP contribution is 2.52. The van der Waals surface area contributed by atoms with E-state index in [0.29, 0.717) is 34.5 Å². The molecule has 1 aromatic heterocycles. The Labute approximate surface area is 224 Å². The number of benzene rings is 2. The minimum atomic E-state index is -4.56. The van der Waals surface area contributed by atoms with Gasteiger partial charge in [0.25, 0.3) is 0 Å². The molecule has 0 bridgehead atoms. The van der Waals surface area contributed by atoms with Crippen molar-refractivity contribution >= 4 is 0 Å². The Morgan fingerprint density at radius 2 is 1.62 bits per heavy atom. The SMILES string of the molecule is CC1(C)Cc2nc(C3CCCC3)c(C(F)c3ccc(C(F)(F)F)cc3)c(-c3ccc(F)cc3)c2C(O)(CO)C1. The quantitative estimate of drug-likeness (QED) is 0.322. The zero-order chi connectivity index (χ0) is 28.2. The van der Waals surface area contributed by atoms with E-state index in [4.69, 9.17) is 4.98 Å². The van der Waals surface area contributed by atoms with Crippen molar-refractivity contribution in [2.45, 2.75) is 76.2 Å². The van der Waals surface area contributed by atoms with Crippen molar-refractivity contribution in [2.24, 2.45) is 5.41 Å². The second-order valence-electron chi connectivity index (χ2n) is 11.8. The van der Waals surface area contributed by atoms with Crippen LogP contribution in [0.5, 0.6) is 0 Å². The van der Waals surface area contributed by atoms with Crippen LogP contribution in [0.3, 0.4) is 0 Å². The highest BCUT2D eigenvalue weighted by atomic mass is 19.4. The second kappa shape index (κ2) is 9.97. The van der Waals surface area contributed by atoms with Gasteiger partial charge in [-0.25, -0.2) is 8.78 Å². The van der Waals surface area contributed by atoms with Crippen molar-refractivity contribution in [3.8, 4) is 11.1 Å². The molecular formula is C31H32F5NO2. The molecule has 3 nitrogen and oxygen atoms in total. The van der Waals surface area contributed by atoms with Crippen LogP contribution in [-0.2, 0) is 18.2 Å². The van der Waals surface area contributed by atoms with Crippen LogP contribution < -0.4 is 0 Å². The van der Waals surface area contributed by atoms with E-state index in [1.165, 1.54) is 24.3 Å². The van der Waals surface area contributed by atoms with Crippen molar-refractivity contribution in [2.75, 3.05) is 6.61 Å². The highest BCUT2D eigenvalue weighted by Gasteiger charge is 2.47. The number of halogens is 5. The summed E-state index contributed by atoms with van der Waals surface area (Å²) in [7, 11) is 0. The zero-order valence-electron chi connectivity index (χ0n) is 22.0. The van der Waals surface area contributed by atoms with E-state index in [1.807, 2.05) is 13.8 Å². The molecule has 208 valence electrons. The molecule has 0 radical (unpaired) electrons. The molecular weight excluding hydrogens is 513 g/mol. The van der Waals surface area contributed by atoms with E-state index < -0.39 is 41.4 Å². The largest absolute Gasteiger partial charge is 0.416 e. The number of hydrogen-bond acceptors (Lipinski definition) is 3. The number of hydrogen-bond donors (Lipinski definition) is 2. The first-order valence-corrected chi connectivity index (χ1v) is 13.3. The molecule has 2 aliphatic rings. The van der Waals surface area contributed by atoms with Crippen LogP contribution in [0.15, 0.2) is 48.5 Å². The molecule has 2 unspecified atom stereocenters. The molecule has 3 aromatic rings. The van der Waals surface area contributed by atoms with Crippen LogP contribution >= 0.6 is 0 Å². The van der Waals surface area contributed by atoms with E-state index in [-0.39, 0.29) is 23.5 Å². The molecule has 39 heavy (non-hydrogen) atoms. The highest BCUT2D eigenvalue weighted by molar-refractivity contribution is 5.76. The van der Waals surface area contributed by atoms with E-state index in [9.17, 15) is 27.8 Å². The lowest BCUT2D eigenvalue weighted by molar-refractivity contribution is -0.137. The summed E-state index contributed by atoms with van der Waals surface area (Å²) in [6.45, 7) is 3.32. The summed E-state index contributed by atoms with van der Waals surface area (Å²) in [5.74, 6) is -0.554. The fourth-order valence-corrected chi connectivity index (χ4v) is 6.52. The van der Waals surface area contributed by atoms with Crippen LogP contribution in [0.25, 0.3) is 11.1 Å². The van der Waals surface area contributed by atoms with Gasteiger partial charge in [-0.1, -0.05) is 51.0 Å². The lowest BCUT2D eigenvalue weighted by Gasteiger charge is -2.44. The number of aliphatic hydroxyl groups is 2. The molecule has 0 aliphatic heterocycles. The monoisotopic (exact) mass is 545 g/mol. The molecule has 0 amide bonds. The number of aliphatic hydroxyl groups excluding tert-OH is 1. The summed E-state index contributed by atoms with van der Waals surface area (Å²) in [6.07, 6.45) is -2.29. The minimum Gasteiger partial charge on any atom is -0.393 e. The Kier molecular flexibility index (Phi) is 7.08. The van der Waals surface area contributed by atoms with Gasteiger partial charge in [0, 0.05) is 22.7 Å². The smallest absolute Gasteiger partial charge is 0.393 e. The van der Waals surface area contributed by atoms with Gasteiger partial charge >= 0.3 is 6.18 Å². The van der Waals surface area contributed by atoms with Crippen LogP contribution in [-0.4, -0.2) is 21.8 Å². The van der Waals surface area contributed by atoms with Crippen molar-refractivity contribution in [3.63, 3.8) is 0 Å². The van der Waals surface area contributed by atoms with Crippen LogP contribution in [0.4, 0.5) is 22.0 Å². The Morgan fingerprint density at radius 1 is 1.00 bits per heavy atom. The maximum atomic E-state index is 16.8. The summed E-state index contributed by atoms with van der Waals surface area (Å²) in [6, 6.07) is 9.46. The average Bonchev–Trinajstić information content (AvgIpc) is 3.42. The summed E-state index contributed by atoms with van der Waals surface area (Å²) < 4.78 is 70.4.